The molecule has 5 heteroatoms. The monoisotopic (exact) mass is 334 g/mol. The van der Waals surface area contributed by atoms with Gasteiger partial charge in [0, 0.05) is 21.4 Å². The van der Waals surface area contributed by atoms with Gasteiger partial charge in [-0.15, -0.1) is 0 Å². The maximum Gasteiger partial charge on any atom is 0.257 e. The van der Waals surface area contributed by atoms with Crippen LogP contribution < -0.4 is 11.1 Å². The number of hydrogen-bond acceptors (Lipinski definition) is 3. The second kappa shape index (κ2) is 5.54. The average Bonchev–Trinajstić information content (AvgIpc) is 2.42. The standard InChI is InChI=1S/C15H15BrN2O2/c1-8-3-6-13(9(2)14(8)19)18-15(20)11-7-10(16)4-5-12(11)17/h3-7,19H,17H2,1-2H3,(H,18,20). The Labute approximate surface area is 125 Å². The minimum absolute atomic E-state index is 0.185. The van der Waals surface area contributed by atoms with Gasteiger partial charge < -0.3 is 16.2 Å². The average molecular weight is 335 g/mol. The Bertz CT molecular complexity index is 684. The molecule has 0 aliphatic carbocycles. The molecule has 0 spiro atoms. The van der Waals surface area contributed by atoms with Crippen molar-refractivity contribution in [1.82, 2.24) is 0 Å². The quantitative estimate of drug-likeness (QED) is 0.734. The molecular weight excluding hydrogens is 320 g/mol. The number of nitrogens with one attached hydrogen (secondary N) is 1. The van der Waals surface area contributed by atoms with Gasteiger partial charge in [-0.25, -0.2) is 0 Å². The third-order valence-electron chi connectivity index (χ3n) is 3.14. The van der Waals surface area contributed by atoms with E-state index in [1.54, 1.807) is 44.2 Å². The molecule has 0 heterocycles. The molecule has 20 heavy (non-hydrogen) atoms. The Balaban J connectivity index is 2.33. The van der Waals surface area contributed by atoms with Crippen LogP contribution in [0.1, 0.15) is 21.5 Å². The first-order chi connectivity index (χ1) is 9.40. The Morgan fingerprint density at radius 2 is 1.95 bits per heavy atom. The van der Waals surface area contributed by atoms with Crippen molar-refractivity contribution < 1.29 is 9.90 Å². The van der Waals surface area contributed by atoms with Crippen LogP contribution in [0.15, 0.2) is 34.8 Å². The molecule has 0 saturated carbocycles. The highest BCUT2D eigenvalue weighted by Gasteiger charge is 2.13. The molecule has 0 unspecified atom stereocenters. The number of benzene rings is 2. The van der Waals surface area contributed by atoms with E-state index < -0.39 is 0 Å². The second-order valence-electron chi connectivity index (χ2n) is 4.59. The van der Waals surface area contributed by atoms with Crippen LogP contribution in [0.5, 0.6) is 5.75 Å². The fraction of sp³-hybridized carbons (Fsp3) is 0.133. The van der Waals surface area contributed by atoms with E-state index in [0.717, 1.165) is 10.0 Å². The minimum Gasteiger partial charge on any atom is -0.507 e. The zero-order valence-electron chi connectivity index (χ0n) is 11.2. The summed E-state index contributed by atoms with van der Waals surface area (Å²) in [6, 6.07) is 8.61. The van der Waals surface area contributed by atoms with Crippen molar-refractivity contribution in [3.8, 4) is 5.75 Å². The fourth-order valence-corrected chi connectivity index (χ4v) is 2.25. The summed E-state index contributed by atoms with van der Waals surface area (Å²) in [5.74, 6) is -0.125. The van der Waals surface area contributed by atoms with Crippen LogP contribution in [-0.4, -0.2) is 11.0 Å². The van der Waals surface area contributed by atoms with Gasteiger partial charge in [-0.1, -0.05) is 22.0 Å². The first-order valence-corrected chi connectivity index (χ1v) is 6.85. The summed E-state index contributed by atoms with van der Waals surface area (Å²) in [5, 5.41) is 12.6. The van der Waals surface area contributed by atoms with Crippen molar-refractivity contribution in [3.05, 3.63) is 51.5 Å². The SMILES string of the molecule is Cc1ccc(NC(=O)c2cc(Br)ccc2N)c(C)c1O. The number of phenolic OH excluding ortho intramolecular Hbond substituents is 1. The topological polar surface area (TPSA) is 75.4 Å². The van der Waals surface area contributed by atoms with Crippen molar-refractivity contribution >= 4 is 33.2 Å². The van der Waals surface area contributed by atoms with Gasteiger partial charge in [0.25, 0.3) is 5.91 Å². The normalized spacial score (nSPS) is 10.3. The van der Waals surface area contributed by atoms with Crippen molar-refractivity contribution in [1.29, 1.82) is 0 Å². The Hall–Kier alpha value is -2.01. The summed E-state index contributed by atoms with van der Waals surface area (Å²) in [7, 11) is 0. The number of anilines is 2. The highest BCUT2D eigenvalue weighted by Crippen LogP contribution is 2.29. The lowest BCUT2D eigenvalue weighted by Gasteiger charge is -2.12. The van der Waals surface area contributed by atoms with Crippen LogP contribution in [-0.2, 0) is 0 Å². The van der Waals surface area contributed by atoms with E-state index in [4.69, 9.17) is 5.73 Å². The number of phenols is 1. The van der Waals surface area contributed by atoms with Gasteiger partial charge in [-0.3, -0.25) is 4.79 Å². The van der Waals surface area contributed by atoms with E-state index in [2.05, 4.69) is 21.2 Å². The third-order valence-corrected chi connectivity index (χ3v) is 3.63. The molecule has 4 N–H and O–H groups in total. The highest BCUT2D eigenvalue weighted by molar-refractivity contribution is 9.10. The molecule has 0 saturated heterocycles. The smallest absolute Gasteiger partial charge is 0.257 e. The van der Waals surface area contributed by atoms with Gasteiger partial charge in [-0.05, 0) is 43.7 Å². The summed E-state index contributed by atoms with van der Waals surface area (Å²) in [6.45, 7) is 3.56. The predicted molar refractivity (Wildman–Crippen MR) is 84.1 cm³/mol. The molecule has 0 aliphatic heterocycles. The Morgan fingerprint density at radius 1 is 1.25 bits per heavy atom. The zero-order valence-corrected chi connectivity index (χ0v) is 12.8. The maximum atomic E-state index is 12.2. The molecular formula is C15H15BrN2O2. The van der Waals surface area contributed by atoms with Crippen LogP contribution in [0, 0.1) is 13.8 Å². The summed E-state index contributed by atoms with van der Waals surface area (Å²) < 4.78 is 0.778. The van der Waals surface area contributed by atoms with Gasteiger partial charge in [-0.2, -0.15) is 0 Å². The lowest BCUT2D eigenvalue weighted by Crippen LogP contribution is -2.15. The van der Waals surface area contributed by atoms with Crippen molar-refractivity contribution in [2.24, 2.45) is 0 Å². The number of amides is 1. The van der Waals surface area contributed by atoms with Crippen molar-refractivity contribution in [3.63, 3.8) is 0 Å². The van der Waals surface area contributed by atoms with E-state index >= 15 is 0 Å². The lowest BCUT2D eigenvalue weighted by atomic mass is 10.1. The number of nitrogens with two attached hydrogens (primary N) is 1. The molecule has 0 aromatic heterocycles. The second-order valence-corrected chi connectivity index (χ2v) is 5.51. The Kier molecular flexibility index (Phi) is 3.99. The van der Waals surface area contributed by atoms with Crippen LogP contribution in [0.25, 0.3) is 0 Å². The van der Waals surface area contributed by atoms with Gasteiger partial charge >= 0.3 is 0 Å². The number of rotatable bonds is 2. The summed E-state index contributed by atoms with van der Waals surface area (Å²) in [4.78, 5) is 12.2. The van der Waals surface area contributed by atoms with E-state index in [-0.39, 0.29) is 11.7 Å². The molecule has 4 nitrogen and oxygen atoms in total. The van der Waals surface area contributed by atoms with Crippen molar-refractivity contribution in [2.45, 2.75) is 13.8 Å². The van der Waals surface area contributed by atoms with E-state index in [1.807, 2.05) is 0 Å². The van der Waals surface area contributed by atoms with Gasteiger partial charge in [0.1, 0.15) is 5.75 Å². The summed E-state index contributed by atoms with van der Waals surface area (Å²) in [5.41, 5.74) is 8.56. The number of aromatic hydroxyl groups is 1. The van der Waals surface area contributed by atoms with E-state index in [9.17, 15) is 9.90 Å². The maximum absolute atomic E-state index is 12.2. The minimum atomic E-state index is -0.310. The first-order valence-electron chi connectivity index (χ1n) is 6.05. The van der Waals surface area contributed by atoms with Crippen LogP contribution in [0.2, 0.25) is 0 Å². The number of nitrogen functional groups attached to an aromatic ring is 1. The third kappa shape index (κ3) is 2.77. The number of carbonyl (C=O) groups excluding carboxylic acids is 1. The molecule has 2 aromatic carbocycles. The van der Waals surface area contributed by atoms with Gasteiger partial charge in [0.15, 0.2) is 0 Å². The number of halogens is 1. The molecule has 0 fully saturated rings. The van der Waals surface area contributed by atoms with Gasteiger partial charge in [0.05, 0.1) is 5.56 Å². The first kappa shape index (κ1) is 14.4. The van der Waals surface area contributed by atoms with Gasteiger partial charge in [0.2, 0.25) is 0 Å². The predicted octanol–water partition coefficient (Wildman–Crippen LogP) is 3.61. The van der Waals surface area contributed by atoms with Crippen LogP contribution >= 0.6 is 15.9 Å². The molecule has 0 bridgehead atoms. The highest BCUT2D eigenvalue weighted by atomic mass is 79.9. The number of aryl methyl sites for hydroxylation is 1. The molecule has 0 aliphatic rings. The lowest BCUT2D eigenvalue weighted by molar-refractivity contribution is 0.102. The molecule has 2 rings (SSSR count). The largest absolute Gasteiger partial charge is 0.507 e. The summed E-state index contributed by atoms with van der Waals surface area (Å²) in [6.07, 6.45) is 0. The molecule has 2 aromatic rings. The summed E-state index contributed by atoms with van der Waals surface area (Å²) >= 11 is 3.31. The molecule has 0 atom stereocenters. The molecule has 1 amide bonds. The van der Waals surface area contributed by atoms with E-state index in [1.165, 1.54) is 0 Å². The Morgan fingerprint density at radius 3 is 2.65 bits per heavy atom. The number of carbonyl (C=O) groups is 1. The van der Waals surface area contributed by atoms with E-state index in [0.29, 0.717) is 22.5 Å². The number of hydrogen-bond donors (Lipinski definition) is 3. The molecule has 104 valence electrons. The zero-order chi connectivity index (χ0) is 14.9. The van der Waals surface area contributed by atoms with Crippen LogP contribution in [0.3, 0.4) is 0 Å². The van der Waals surface area contributed by atoms with Crippen LogP contribution in [0.4, 0.5) is 11.4 Å². The van der Waals surface area contributed by atoms with Crippen molar-refractivity contribution in [2.75, 3.05) is 11.1 Å². The fourth-order valence-electron chi connectivity index (χ4n) is 1.89. The molecule has 0 radical (unpaired) electrons.